The van der Waals surface area contributed by atoms with E-state index in [0.29, 0.717) is 0 Å². The molecule has 3 N–H and O–H groups in total. The minimum absolute atomic E-state index is 0.0886. The molecule has 0 saturated heterocycles. The van der Waals surface area contributed by atoms with Crippen molar-refractivity contribution in [2.24, 2.45) is 0 Å². The zero-order valence-electron chi connectivity index (χ0n) is 11.8. The Labute approximate surface area is 123 Å². The number of rotatable bonds is 6. The maximum absolute atomic E-state index is 11.9. The fourth-order valence-electron chi connectivity index (χ4n) is 2.03. The zero-order chi connectivity index (χ0) is 15.6. The maximum atomic E-state index is 11.9. The second-order valence-electron chi connectivity index (χ2n) is 5.17. The monoisotopic (exact) mass is 310 g/mol. The van der Waals surface area contributed by atoms with Crippen LogP contribution < -0.4 is 4.72 Å². The first-order valence-electron chi connectivity index (χ1n) is 6.60. The summed E-state index contributed by atoms with van der Waals surface area (Å²) in [6.45, 7) is 3.01. The van der Waals surface area contributed by atoms with E-state index in [9.17, 15) is 18.3 Å². The number of benzene rings is 1. The van der Waals surface area contributed by atoms with Crippen molar-refractivity contribution in [1.82, 2.24) is 9.71 Å². The minimum atomic E-state index is -3.64. The number of aromatic nitrogens is 1. The van der Waals surface area contributed by atoms with E-state index < -0.39 is 27.3 Å². The summed E-state index contributed by atoms with van der Waals surface area (Å²) in [6, 6.07) is 6.30. The van der Waals surface area contributed by atoms with Crippen LogP contribution in [-0.2, 0) is 21.2 Å². The van der Waals surface area contributed by atoms with Gasteiger partial charge in [0.15, 0.2) is 0 Å². The Bertz CT molecular complexity index is 749. The number of carbonyl (C=O) groups is 1. The highest BCUT2D eigenvalue weighted by Gasteiger charge is 2.27. The summed E-state index contributed by atoms with van der Waals surface area (Å²) in [5.41, 5.74) is 1.66. The normalized spacial score (nSPS) is 13.7. The lowest BCUT2D eigenvalue weighted by Gasteiger charge is -2.16. The van der Waals surface area contributed by atoms with Crippen LogP contribution in [-0.4, -0.2) is 35.8 Å². The second-order valence-corrected chi connectivity index (χ2v) is 7.43. The predicted molar refractivity (Wildman–Crippen MR) is 80.6 cm³/mol. The smallest absolute Gasteiger partial charge is 0.322 e. The lowest BCUT2D eigenvalue weighted by molar-refractivity contribution is -0.138. The number of nitrogens with one attached hydrogen (secondary N) is 2. The number of hydrogen-bond donors (Lipinski definition) is 3. The quantitative estimate of drug-likeness (QED) is 0.752. The molecule has 1 atom stereocenters. The van der Waals surface area contributed by atoms with Gasteiger partial charge in [0, 0.05) is 23.5 Å². The molecule has 0 spiro atoms. The van der Waals surface area contributed by atoms with Crippen LogP contribution in [0.1, 0.15) is 19.4 Å². The van der Waals surface area contributed by atoms with Gasteiger partial charge in [-0.1, -0.05) is 18.2 Å². The Kier molecular flexibility index (Phi) is 4.34. The van der Waals surface area contributed by atoms with E-state index in [4.69, 9.17) is 0 Å². The molecule has 0 aliphatic carbocycles. The fraction of sp³-hybridized carbons (Fsp3) is 0.357. The number of hydrogen-bond acceptors (Lipinski definition) is 3. The molecule has 1 aromatic carbocycles. The van der Waals surface area contributed by atoms with Crippen molar-refractivity contribution in [1.29, 1.82) is 0 Å². The summed E-state index contributed by atoms with van der Waals surface area (Å²) in [7, 11) is -3.64. The van der Waals surface area contributed by atoms with Crippen molar-refractivity contribution in [2.45, 2.75) is 31.6 Å². The van der Waals surface area contributed by atoms with Crippen LogP contribution in [0.15, 0.2) is 30.5 Å². The first-order valence-corrected chi connectivity index (χ1v) is 8.15. The van der Waals surface area contributed by atoms with Gasteiger partial charge in [0.1, 0.15) is 6.04 Å². The number of H-pyrrole nitrogens is 1. The molecule has 1 heterocycles. The molecule has 0 aliphatic rings. The topological polar surface area (TPSA) is 99.3 Å². The third-order valence-corrected chi connectivity index (χ3v) is 5.18. The molecule has 0 unspecified atom stereocenters. The van der Waals surface area contributed by atoms with Gasteiger partial charge in [-0.05, 0) is 25.5 Å². The van der Waals surface area contributed by atoms with Gasteiger partial charge in [-0.25, -0.2) is 13.1 Å². The largest absolute Gasteiger partial charge is 0.480 e. The van der Waals surface area contributed by atoms with Gasteiger partial charge in [0.05, 0.1) is 5.25 Å². The summed E-state index contributed by atoms with van der Waals surface area (Å²) in [5, 5.41) is 9.47. The number of carboxylic acids is 1. The van der Waals surface area contributed by atoms with Gasteiger partial charge < -0.3 is 10.1 Å². The third-order valence-electron chi connectivity index (χ3n) is 3.32. The van der Waals surface area contributed by atoms with Gasteiger partial charge in [-0.2, -0.15) is 0 Å². The summed E-state index contributed by atoms with van der Waals surface area (Å²) in [4.78, 5) is 14.4. The minimum Gasteiger partial charge on any atom is -0.480 e. The Morgan fingerprint density at radius 2 is 2.00 bits per heavy atom. The van der Waals surface area contributed by atoms with Gasteiger partial charge in [0.2, 0.25) is 10.0 Å². The molecule has 0 aliphatic heterocycles. The number of carboxylic acid groups (broad SMARTS) is 1. The van der Waals surface area contributed by atoms with Crippen LogP contribution >= 0.6 is 0 Å². The van der Waals surface area contributed by atoms with Crippen molar-refractivity contribution in [3.05, 3.63) is 36.0 Å². The van der Waals surface area contributed by atoms with E-state index in [2.05, 4.69) is 9.71 Å². The number of aliphatic carboxylic acids is 1. The van der Waals surface area contributed by atoms with Crippen LogP contribution in [0.4, 0.5) is 0 Å². The first kappa shape index (κ1) is 15.5. The number of para-hydroxylation sites is 1. The van der Waals surface area contributed by atoms with Crippen LogP contribution in [0.2, 0.25) is 0 Å². The molecule has 2 aromatic rings. The molecule has 21 heavy (non-hydrogen) atoms. The van der Waals surface area contributed by atoms with Gasteiger partial charge >= 0.3 is 5.97 Å². The van der Waals surface area contributed by atoms with Crippen LogP contribution in [0, 0.1) is 0 Å². The van der Waals surface area contributed by atoms with Crippen molar-refractivity contribution in [2.75, 3.05) is 0 Å². The molecule has 0 bridgehead atoms. The molecule has 0 saturated carbocycles. The summed E-state index contributed by atoms with van der Waals surface area (Å²) in [6.07, 6.45) is 1.80. The molecule has 7 heteroatoms. The van der Waals surface area contributed by atoms with E-state index in [1.807, 2.05) is 24.3 Å². The molecule has 1 aromatic heterocycles. The standard InChI is InChI=1S/C14H18N2O4S/c1-9(2)21(19,20)16-13(14(17)18)7-10-8-15-12-6-4-3-5-11(10)12/h3-6,8-9,13,15-16H,7H2,1-2H3,(H,17,18)/t13-/m0/s1. The van der Waals surface area contributed by atoms with Gasteiger partial charge in [0.25, 0.3) is 0 Å². The Morgan fingerprint density at radius 3 is 2.62 bits per heavy atom. The van der Waals surface area contributed by atoms with Crippen molar-refractivity contribution in [3.63, 3.8) is 0 Å². The van der Waals surface area contributed by atoms with Crippen LogP contribution in [0.5, 0.6) is 0 Å². The average Bonchev–Trinajstić information content (AvgIpc) is 2.81. The Balaban J connectivity index is 2.27. The van der Waals surface area contributed by atoms with Crippen molar-refractivity contribution >= 4 is 26.9 Å². The predicted octanol–water partition coefficient (Wildman–Crippen LogP) is 1.49. The molecule has 0 fully saturated rings. The van der Waals surface area contributed by atoms with Crippen molar-refractivity contribution < 1.29 is 18.3 Å². The highest BCUT2D eigenvalue weighted by molar-refractivity contribution is 7.90. The summed E-state index contributed by atoms with van der Waals surface area (Å²) in [5.74, 6) is -1.19. The highest BCUT2D eigenvalue weighted by Crippen LogP contribution is 2.19. The van der Waals surface area contributed by atoms with Crippen LogP contribution in [0.3, 0.4) is 0 Å². The molecular weight excluding hydrogens is 292 g/mol. The van der Waals surface area contributed by atoms with Crippen molar-refractivity contribution in [3.8, 4) is 0 Å². The number of aromatic amines is 1. The van der Waals surface area contributed by atoms with E-state index in [-0.39, 0.29) is 6.42 Å². The Hall–Kier alpha value is -1.86. The average molecular weight is 310 g/mol. The van der Waals surface area contributed by atoms with E-state index >= 15 is 0 Å². The van der Waals surface area contributed by atoms with E-state index in [1.165, 1.54) is 13.8 Å². The Morgan fingerprint density at radius 1 is 1.33 bits per heavy atom. The molecule has 114 valence electrons. The highest BCUT2D eigenvalue weighted by atomic mass is 32.2. The molecular formula is C14H18N2O4S. The number of sulfonamides is 1. The third kappa shape index (κ3) is 3.43. The van der Waals surface area contributed by atoms with Gasteiger partial charge in [-0.15, -0.1) is 0 Å². The molecule has 2 rings (SSSR count). The number of fused-ring (bicyclic) bond motifs is 1. The van der Waals surface area contributed by atoms with E-state index in [0.717, 1.165) is 16.5 Å². The molecule has 0 radical (unpaired) electrons. The second kappa shape index (κ2) is 5.87. The SMILES string of the molecule is CC(C)S(=O)(=O)N[C@@H](Cc1c[nH]c2ccccc12)C(=O)O. The maximum Gasteiger partial charge on any atom is 0.322 e. The lowest BCUT2D eigenvalue weighted by Crippen LogP contribution is -2.44. The van der Waals surface area contributed by atoms with Gasteiger partial charge in [-0.3, -0.25) is 4.79 Å². The zero-order valence-corrected chi connectivity index (χ0v) is 12.6. The molecule has 6 nitrogen and oxygen atoms in total. The van der Waals surface area contributed by atoms with E-state index in [1.54, 1.807) is 6.20 Å². The molecule has 0 amide bonds. The van der Waals surface area contributed by atoms with Crippen LogP contribution in [0.25, 0.3) is 10.9 Å². The summed E-state index contributed by atoms with van der Waals surface area (Å²) < 4.78 is 26.0. The first-order chi connectivity index (χ1) is 9.81. The summed E-state index contributed by atoms with van der Waals surface area (Å²) >= 11 is 0. The fourth-order valence-corrected chi connectivity index (χ4v) is 2.89. The lowest BCUT2D eigenvalue weighted by atomic mass is 10.1.